The van der Waals surface area contributed by atoms with Gasteiger partial charge in [0.1, 0.15) is 11.5 Å². The van der Waals surface area contributed by atoms with Crippen molar-refractivity contribution in [1.29, 1.82) is 10.8 Å². The quantitative estimate of drug-likeness (QED) is 0.230. The first kappa shape index (κ1) is 16.1. The third-order valence-corrected chi connectivity index (χ3v) is 3.45. The summed E-state index contributed by atoms with van der Waals surface area (Å²) in [4.78, 5) is 16.1. The summed E-state index contributed by atoms with van der Waals surface area (Å²) in [6, 6.07) is 7.03. The topological polar surface area (TPSA) is 166 Å². The molecule has 8 N–H and O–H groups in total. The van der Waals surface area contributed by atoms with Crippen molar-refractivity contribution in [1.82, 2.24) is 15.0 Å². The van der Waals surface area contributed by atoms with Gasteiger partial charge in [0.25, 0.3) is 0 Å². The Labute approximate surface area is 143 Å². The van der Waals surface area contributed by atoms with Crippen molar-refractivity contribution in [2.75, 3.05) is 11.1 Å². The van der Waals surface area contributed by atoms with Gasteiger partial charge in [0.05, 0.1) is 5.39 Å². The molecule has 0 amide bonds. The van der Waals surface area contributed by atoms with E-state index in [-0.39, 0.29) is 6.42 Å². The van der Waals surface area contributed by atoms with Crippen molar-refractivity contribution in [2.45, 2.75) is 6.42 Å². The van der Waals surface area contributed by atoms with Crippen LogP contribution in [0.2, 0.25) is 0 Å². The molecule has 0 aliphatic heterocycles. The van der Waals surface area contributed by atoms with Gasteiger partial charge in [-0.1, -0.05) is 0 Å². The number of fused-ring (bicyclic) bond motifs is 1. The molecule has 25 heavy (non-hydrogen) atoms. The molecule has 0 unspecified atom stereocenters. The van der Waals surface area contributed by atoms with Gasteiger partial charge in [0, 0.05) is 42.0 Å². The Hall–Kier alpha value is -3.75. The molecule has 2 heterocycles. The van der Waals surface area contributed by atoms with Crippen LogP contribution < -0.4 is 16.8 Å². The van der Waals surface area contributed by atoms with Crippen LogP contribution in [0.25, 0.3) is 11.0 Å². The third-order valence-electron chi connectivity index (χ3n) is 3.45. The van der Waals surface area contributed by atoms with Gasteiger partial charge in [-0.25, -0.2) is 4.99 Å². The van der Waals surface area contributed by atoms with Crippen LogP contribution in [-0.2, 0) is 0 Å². The van der Waals surface area contributed by atoms with Gasteiger partial charge >= 0.3 is 0 Å². The van der Waals surface area contributed by atoms with Gasteiger partial charge in [-0.15, -0.1) is 0 Å². The minimum Gasteiger partial charge on any atom is -0.398 e. The van der Waals surface area contributed by atoms with E-state index in [2.05, 4.69) is 25.3 Å². The highest BCUT2D eigenvalue weighted by Gasteiger charge is 2.09. The highest BCUT2D eigenvalue weighted by atomic mass is 15.2. The molecule has 2 aromatic heterocycles. The zero-order valence-corrected chi connectivity index (χ0v) is 13.2. The molecular weight excluding hydrogens is 318 g/mol. The molecule has 0 radical (unpaired) electrons. The average molecular weight is 335 g/mol. The number of nitrogens with zero attached hydrogens (tertiary/aromatic N) is 3. The number of benzene rings is 1. The lowest BCUT2D eigenvalue weighted by Crippen LogP contribution is -2.11. The summed E-state index contributed by atoms with van der Waals surface area (Å²) in [5.41, 5.74) is 14.1. The van der Waals surface area contributed by atoms with Crippen LogP contribution >= 0.6 is 0 Å². The number of hydrogen-bond donors (Lipinski definition) is 6. The van der Waals surface area contributed by atoms with Gasteiger partial charge in [-0.05, 0) is 24.3 Å². The fraction of sp³-hybridized carbons (Fsp3) is 0.0625. The van der Waals surface area contributed by atoms with Crippen LogP contribution in [0.1, 0.15) is 12.0 Å². The molecular formula is C16H17N9. The van der Waals surface area contributed by atoms with E-state index in [4.69, 9.17) is 22.3 Å². The van der Waals surface area contributed by atoms with Crippen LogP contribution in [0.3, 0.4) is 0 Å². The highest BCUT2D eigenvalue weighted by molar-refractivity contribution is 5.96. The summed E-state index contributed by atoms with van der Waals surface area (Å²) < 4.78 is 0. The summed E-state index contributed by atoms with van der Waals surface area (Å²) in [6.45, 7) is 0. The molecule has 9 heteroatoms. The second kappa shape index (κ2) is 6.79. The van der Waals surface area contributed by atoms with Gasteiger partial charge in [-0.3, -0.25) is 0 Å². The van der Waals surface area contributed by atoms with Crippen LogP contribution in [0.5, 0.6) is 0 Å². The van der Waals surface area contributed by atoms with E-state index in [1.807, 2.05) is 6.07 Å². The number of amidine groups is 1. The molecule has 3 aromatic rings. The Balaban J connectivity index is 1.99. The summed E-state index contributed by atoms with van der Waals surface area (Å²) in [6.07, 6.45) is 4.37. The zero-order valence-electron chi connectivity index (χ0n) is 13.2. The number of nitrogen functional groups attached to an aromatic ring is 1. The SMILES string of the molecule is N=CCC(N)=Nc1nc(Nc2ccc(C=N)c(N)c2)nc2[nH]ccc12. The average Bonchev–Trinajstić information content (AvgIpc) is 3.04. The molecule has 9 nitrogen and oxygen atoms in total. The Morgan fingerprint density at radius 1 is 1.28 bits per heavy atom. The molecule has 0 atom stereocenters. The number of aromatic nitrogens is 3. The van der Waals surface area contributed by atoms with Gasteiger partial charge in [0.15, 0.2) is 5.82 Å². The molecule has 0 saturated carbocycles. The maximum atomic E-state index is 7.28. The first-order chi connectivity index (χ1) is 12.1. The number of hydrogen-bond acceptors (Lipinski definition) is 7. The molecule has 126 valence electrons. The second-order valence-electron chi connectivity index (χ2n) is 5.24. The van der Waals surface area contributed by atoms with Crippen LogP contribution in [0.15, 0.2) is 35.5 Å². The predicted molar refractivity (Wildman–Crippen MR) is 101 cm³/mol. The number of H-pyrrole nitrogens is 1. The van der Waals surface area contributed by atoms with Crippen molar-refractivity contribution in [3.63, 3.8) is 0 Å². The Morgan fingerprint density at radius 3 is 2.84 bits per heavy atom. The lowest BCUT2D eigenvalue weighted by atomic mass is 10.2. The Morgan fingerprint density at radius 2 is 2.12 bits per heavy atom. The van der Waals surface area contributed by atoms with E-state index >= 15 is 0 Å². The highest BCUT2D eigenvalue weighted by Crippen LogP contribution is 2.26. The van der Waals surface area contributed by atoms with Gasteiger partial charge < -0.3 is 32.6 Å². The standard InChI is InChI=1S/C16H17N9/c17-5-3-13(20)23-15-11-4-6-21-14(11)24-16(25-15)22-10-2-1-9(8-18)12(19)7-10/h1-2,4-8,17-18H,3,19H2,(H4,20,21,22,23,24,25). The number of anilines is 3. The molecule has 0 aliphatic rings. The largest absolute Gasteiger partial charge is 0.398 e. The fourth-order valence-electron chi connectivity index (χ4n) is 2.27. The lowest BCUT2D eigenvalue weighted by Gasteiger charge is -2.08. The number of nitrogens with two attached hydrogens (primary N) is 2. The molecule has 3 rings (SSSR count). The van der Waals surface area contributed by atoms with Crippen LogP contribution in [0.4, 0.5) is 23.1 Å². The zero-order chi connectivity index (χ0) is 17.8. The van der Waals surface area contributed by atoms with Crippen LogP contribution in [-0.4, -0.2) is 33.2 Å². The second-order valence-corrected chi connectivity index (χ2v) is 5.24. The fourth-order valence-corrected chi connectivity index (χ4v) is 2.27. The normalized spacial score (nSPS) is 11.4. The maximum Gasteiger partial charge on any atom is 0.231 e. The van der Waals surface area contributed by atoms with Crippen molar-refractivity contribution in [3.8, 4) is 0 Å². The number of nitrogens with one attached hydrogen (secondary N) is 4. The summed E-state index contributed by atoms with van der Waals surface area (Å²) >= 11 is 0. The first-order valence-corrected chi connectivity index (χ1v) is 7.45. The predicted octanol–water partition coefficient (Wildman–Crippen LogP) is 2.31. The van der Waals surface area contributed by atoms with Crippen molar-refractivity contribution in [3.05, 3.63) is 36.0 Å². The number of aliphatic imine (C=N–C) groups is 1. The minimum atomic E-state index is 0.250. The Kier molecular flexibility index (Phi) is 4.38. The third kappa shape index (κ3) is 3.44. The van der Waals surface area contributed by atoms with E-state index < -0.39 is 0 Å². The monoisotopic (exact) mass is 335 g/mol. The molecule has 0 aliphatic carbocycles. The van der Waals surface area contributed by atoms with E-state index in [0.717, 1.165) is 5.39 Å². The van der Waals surface area contributed by atoms with E-state index in [0.29, 0.717) is 40.2 Å². The number of rotatable bonds is 6. The molecule has 0 saturated heterocycles. The Bertz CT molecular complexity index is 971. The van der Waals surface area contributed by atoms with Gasteiger partial charge in [0.2, 0.25) is 5.95 Å². The molecule has 0 spiro atoms. The van der Waals surface area contributed by atoms with Crippen molar-refractivity contribution >= 4 is 52.4 Å². The van der Waals surface area contributed by atoms with Crippen LogP contribution in [0, 0.1) is 10.8 Å². The smallest absolute Gasteiger partial charge is 0.231 e. The summed E-state index contributed by atoms with van der Waals surface area (Å²) in [5.74, 6) is 1.04. The molecule has 1 aromatic carbocycles. The van der Waals surface area contributed by atoms with E-state index in [1.54, 1.807) is 24.4 Å². The lowest BCUT2D eigenvalue weighted by molar-refractivity contribution is 1.17. The van der Waals surface area contributed by atoms with Gasteiger partial charge in [-0.2, -0.15) is 9.97 Å². The summed E-state index contributed by atoms with van der Waals surface area (Å²) in [5, 5.41) is 18.2. The molecule has 0 bridgehead atoms. The number of aromatic amines is 1. The first-order valence-electron chi connectivity index (χ1n) is 7.45. The van der Waals surface area contributed by atoms with E-state index in [9.17, 15) is 0 Å². The van der Waals surface area contributed by atoms with Crippen molar-refractivity contribution < 1.29 is 0 Å². The minimum absolute atomic E-state index is 0.250. The molecule has 0 fully saturated rings. The maximum absolute atomic E-state index is 7.28. The summed E-state index contributed by atoms with van der Waals surface area (Å²) in [7, 11) is 0. The van der Waals surface area contributed by atoms with E-state index in [1.165, 1.54) is 12.4 Å². The van der Waals surface area contributed by atoms with Crippen molar-refractivity contribution in [2.24, 2.45) is 10.7 Å².